The number of aliphatic carboxylic acids is 1. The Balaban J connectivity index is 7.61. The van der Waals surface area contributed by atoms with E-state index in [1.807, 2.05) is 0 Å². The monoisotopic (exact) mass is 788 g/mol. The normalized spacial score (nSPS) is 17.3. The minimum absolute atomic E-state index is 3.51. The van der Waals surface area contributed by atoms with Gasteiger partial charge in [0.1, 0.15) is 0 Å². The number of alkyl halides is 25. The molecule has 0 rings (SSSR count). The van der Waals surface area contributed by atoms with Crippen LogP contribution in [-0.2, 0) is 4.79 Å². The smallest absolute Gasteiger partial charge is 0.460 e. The average Bonchev–Trinajstić information content (AvgIpc) is 2.89. The zero-order valence-electron chi connectivity index (χ0n) is 20.3. The highest BCUT2D eigenvalue weighted by atomic mass is 19.4. The van der Waals surface area contributed by atoms with Gasteiger partial charge in [0.15, 0.2) is 5.83 Å². The summed E-state index contributed by atoms with van der Waals surface area (Å²) in [6.07, 6.45) is -8.30. The number of carbonyl (C=O) groups is 1. The van der Waals surface area contributed by atoms with Crippen LogP contribution in [0.4, 0.5) is 127 Å². The number of allylic oxidation sites excluding steroid dienone is 3. The molecule has 31 heteroatoms. The molecule has 0 bridgehead atoms. The molecule has 0 aromatic rings. The third-order valence-electron chi connectivity index (χ3n) is 5.34. The summed E-state index contributed by atoms with van der Waals surface area (Å²) >= 11 is 0. The quantitative estimate of drug-likeness (QED) is 0.115. The van der Waals surface area contributed by atoms with Crippen molar-refractivity contribution in [2.75, 3.05) is 0 Å². The van der Waals surface area contributed by atoms with E-state index in [1.54, 1.807) is 0 Å². The van der Waals surface area contributed by atoms with Crippen LogP contribution < -0.4 is 0 Å². The van der Waals surface area contributed by atoms with Gasteiger partial charge in [-0.05, 0) is 0 Å². The summed E-state index contributed by atoms with van der Waals surface area (Å²) in [6.45, 7) is 0. The lowest BCUT2D eigenvalue weighted by Crippen LogP contribution is -2.78. The van der Waals surface area contributed by atoms with E-state index in [2.05, 4.69) is 0 Å². The van der Waals surface area contributed by atoms with Crippen LogP contribution in [0.2, 0.25) is 0 Å². The first-order valence-electron chi connectivity index (χ1n) is 9.91. The van der Waals surface area contributed by atoms with Crippen molar-refractivity contribution in [2.45, 2.75) is 71.3 Å². The van der Waals surface area contributed by atoms with Crippen LogP contribution in [0.25, 0.3) is 0 Å². The highest BCUT2D eigenvalue weighted by molar-refractivity contribution is 5.85. The molecule has 0 aliphatic heterocycles. The molecule has 0 fully saturated rings. The number of carboxylic acid groups (broad SMARTS) is 1. The van der Waals surface area contributed by atoms with Gasteiger partial charge >= 0.3 is 77.3 Å². The van der Waals surface area contributed by atoms with Crippen molar-refractivity contribution in [3.63, 3.8) is 0 Å². The van der Waals surface area contributed by atoms with E-state index in [4.69, 9.17) is 5.11 Å². The summed E-state index contributed by atoms with van der Waals surface area (Å²) < 4.78 is 385. The van der Waals surface area contributed by atoms with Crippen molar-refractivity contribution in [1.82, 2.24) is 0 Å². The third-order valence-corrected chi connectivity index (χ3v) is 5.34. The van der Waals surface area contributed by atoms with Gasteiger partial charge in [0, 0.05) is 0 Å². The summed E-state index contributed by atoms with van der Waals surface area (Å²) in [5, 5.41) is 7.86. The molecule has 0 aliphatic carbocycles. The van der Waals surface area contributed by atoms with Crippen LogP contribution in [0, 0.1) is 0 Å². The summed E-state index contributed by atoms with van der Waals surface area (Å²) in [6, 6.07) is 0. The SMILES string of the molecule is O=C(O)/C(F)=C(F)/C(F)=C(\F)C(F)(F)C(F)(F)C(F)(F)C(F)(F)C(F)(F)C(F)(F)C(F)(F)C(F)(F)C(F)(F)C(F)(F)C(F)(F)C(F)(F)F. The van der Waals surface area contributed by atoms with Crippen LogP contribution in [0.15, 0.2) is 23.3 Å². The van der Waals surface area contributed by atoms with Gasteiger partial charge in [0.25, 0.3) is 0 Å². The van der Waals surface area contributed by atoms with Gasteiger partial charge in [-0.2, -0.15) is 114 Å². The minimum Gasteiger partial charge on any atom is -0.476 e. The molecular weight excluding hydrogens is 787 g/mol. The van der Waals surface area contributed by atoms with Crippen LogP contribution in [-0.4, -0.2) is 82.4 Å². The number of hydrogen-bond donors (Lipinski definition) is 1. The number of rotatable bonds is 13. The van der Waals surface area contributed by atoms with E-state index >= 15 is 0 Å². The third kappa shape index (κ3) is 5.42. The van der Waals surface area contributed by atoms with Gasteiger partial charge in [-0.25, -0.2) is 18.0 Å². The van der Waals surface area contributed by atoms with E-state index in [9.17, 15) is 132 Å². The predicted molar refractivity (Wildman–Crippen MR) is 86.6 cm³/mol. The van der Waals surface area contributed by atoms with Crippen molar-refractivity contribution in [3.8, 4) is 0 Å². The van der Waals surface area contributed by atoms with Crippen molar-refractivity contribution in [2.24, 2.45) is 0 Å². The minimum atomic E-state index is -9.92. The highest BCUT2D eigenvalue weighted by Crippen LogP contribution is 2.68. The molecule has 0 radical (unpaired) electrons. The Morgan fingerprint density at radius 3 is 0.729 bits per heavy atom. The number of carboxylic acids is 1. The van der Waals surface area contributed by atoms with Crippen molar-refractivity contribution < 1.29 is 137 Å². The molecule has 284 valence electrons. The largest absolute Gasteiger partial charge is 0.476 e. The lowest BCUT2D eigenvalue weighted by atomic mass is 9.84. The fourth-order valence-electron chi connectivity index (χ4n) is 2.51. The number of hydrogen-bond acceptors (Lipinski definition) is 1. The molecule has 0 aromatic heterocycles. The maximum absolute atomic E-state index is 13.7. The maximum atomic E-state index is 13.7. The Labute approximate surface area is 239 Å². The van der Waals surface area contributed by atoms with Crippen LogP contribution in [0.3, 0.4) is 0 Å². The fourth-order valence-corrected chi connectivity index (χ4v) is 2.51. The lowest BCUT2D eigenvalue weighted by molar-refractivity contribution is -0.481. The van der Waals surface area contributed by atoms with Crippen LogP contribution in [0.5, 0.6) is 0 Å². The summed E-state index contributed by atoms with van der Waals surface area (Å²) in [4.78, 5) is 9.99. The molecular formula is C17HF29O2. The molecule has 0 aromatic carbocycles. The summed E-state index contributed by atoms with van der Waals surface area (Å²) in [5.74, 6) is -126. The fraction of sp³-hybridized carbons (Fsp3) is 0.706. The first-order chi connectivity index (χ1) is 20.3. The second-order valence-electron chi connectivity index (χ2n) is 8.38. The van der Waals surface area contributed by atoms with Gasteiger partial charge in [-0.3, -0.25) is 0 Å². The molecule has 0 amide bonds. The maximum Gasteiger partial charge on any atom is 0.460 e. The summed E-state index contributed by atoms with van der Waals surface area (Å²) in [7, 11) is 0. The van der Waals surface area contributed by atoms with Gasteiger partial charge in [-0.15, -0.1) is 0 Å². The Hall–Kier alpha value is -3.08. The van der Waals surface area contributed by atoms with Gasteiger partial charge in [0.05, 0.1) is 0 Å². The van der Waals surface area contributed by atoms with Gasteiger partial charge in [-0.1, -0.05) is 0 Å². The van der Waals surface area contributed by atoms with E-state index in [0.717, 1.165) is 0 Å². The predicted octanol–water partition coefficient (Wildman–Crippen LogP) is 9.92. The Kier molecular flexibility index (Phi) is 10.8. The van der Waals surface area contributed by atoms with Crippen molar-refractivity contribution in [3.05, 3.63) is 23.3 Å². The average molecular weight is 788 g/mol. The molecule has 0 aliphatic rings. The topological polar surface area (TPSA) is 37.3 Å². The van der Waals surface area contributed by atoms with Gasteiger partial charge < -0.3 is 5.11 Å². The lowest BCUT2D eigenvalue weighted by Gasteiger charge is -2.45. The van der Waals surface area contributed by atoms with E-state index in [0.29, 0.717) is 0 Å². The molecule has 1 N–H and O–H groups in total. The first kappa shape index (κ1) is 44.9. The van der Waals surface area contributed by atoms with Crippen LogP contribution >= 0.6 is 0 Å². The molecule has 0 saturated heterocycles. The second kappa shape index (κ2) is 11.5. The van der Waals surface area contributed by atoms with E-state index in [1.165, 1.54) is 0 Å². The first-order valence-corrected chi connectivity index (χ1v) is 9.91. The molecule has 0 spiro atoms. The Morgan fingerprint density at radius 1 is 0.312 bits per heavy atom. The van der Waals surface area contributed by atoms with Gasteiger partial charge in [0.2, 0.25) is 17.5 Å². The molecule has 0 heterocycles. The second-order valence-corrected chi connectivity index (χ2v) is 8.38. The standard InChI is InChI=1S/C17HF29O2/c18-1(3(20)5(47)48)2(19)4(21)6(22,23)7(24,25)8(26,27)9(28,29)10(30,31)11(32,33)12(34,35)13(36,37)14(38,39)15(40,41)16(42,43)17(44,45)46/h(H,47,48)/b3-1+,4-2+. The van der Waals surface area contributed by atoms with Crippen LogP contribution in [0.1, 0.15) is 0 Å². The molecule has 0 unspecified atom stereocenters. The zero-order chi connectivity index (χ0) is 39.9. The molecule has 48 heavy (non-hydrogen) atoms. The van der Waals surface area contributed by atoms with Crippen molar-refractivity contribution in [1.29, 1.82) is 0 Å². The molecule has 0 saturated carbocycles. The highest BCUT2D eigenvalue weighted by Gasteiger charge is 2.99. The Morgan fingerprint density at radius 2 is 0.521 bits per heavy atom. The van der Waals surface area contributed by atoms with Crippen molar-refractivity contribution >= 4 is 5.97 Å². The molecule has 0 atom stereocenters. The Bertz CT molecular complexity index is 1310. The summed E-state index contributed by atoms with van der Waals surface area (Å²) in [5.41, 5.74) is 0. The van der Waals surface area contributed by atoms with E-state index < -0.39 is 101 Å². The zero-order valence-corrected chi connectivity index (χ0v) is 20.3. The number of halogens is 29. The van der Waals surface area contributed by atoms with E-state index in [-0.39, 0.29) is 0 Å². The molecule has 2 nitrogen and oxygen atoms in total.